The number of nitrogens with one attached hydrogen (secondary N) is 1. The van der Waals surface area contributed by atoms with Gasteiger partial charge < -0.3 is 10.4 Å². The molecule has 0 bridgehead atoms. The summed E-state index contributed by atoms with van der Waals surface area (Å²) in [5, 5.41) is 27.2. The van der Waals surface area contributed by atoms with E-state index < -0.39 is 4.92 Å². The Morgan fingerprint density at radius 2 is 2.00 bits per heavy atom. The Morgan fingerprint density at radius 1 is 1.41 bits per heavy atom. The molecule has 0 aliphatic heterocycles. The van der Waals surface area contributed by atoms with E-state index in [4.69, 9.17) is 0 Å². The summed E-state index contributed by atoms with van der Waals surface area (Å²) in [5.41, 5.74) is 0.273. The fourth-order valence-electron chi connectivity index (χ4n) is 2.36. The molecule has 0 aliphatic carbocycles. The van der Waals surface area contributed by atoms with Gasteiger partial charge >= 0.3 is 5.69 Å². The maximum atomic E-state index is 12.0. The first-order chi connectivity index (χ1) is 10.3. The second-order valence-electron chi connectivity index (χ2n) is 5.58. The van der Waals surface area contributed by atoms with Crippen LogP contribution >= 0.6 is 0 Å². The van der Waals surface area contributed by atoms with Crippen LogP contribution in [0, 0.1) is 29.4 Å². The zero-order valence-corrected chi connectivity index (χ0v) is 13.5. The molecular formula is C14H24N4O4. The van der Waals surface area contributed by atoms with Crippen molar-refractivity contribution in [2.75, 3.05) is 13.2 Å². The van der Waals surface area contributed by atoms with E-state index in [1.54, 1.807) is 13.8 Å². The largest absolute Gasteiger partial charge is 0.396 e. The van der Waals surface area contributed by atoms with Gasteiger partial charge in [-0.2, -0.15) is 5.10 Å². The molecule has 0 saturated heterocycles. The lowest BCUT2D eigenvalue weighted by molar-refractivity contribution is -0.386. The smallest absolute Gasteiger partial charge is 0.312 e. The lowest BCUT2D eigenvalue weighted by atomic mass is 9.83. The number of rotatable bonds is 8. The number of carbonyl (C=O) groups excluding carboxylic acids is 1. The van der Waals surface area contributed by atoms with Crippen molar-refractivity contribution in [3.63, 3.8) is 0 Å². The lowest BCUT2D eigenvalue weighted by Crippen LogP contribution is -2.40. The Balaban J connectivity index is 2.74. The summed E-state index contributed by atoms with van der Waals surface area (Å²) in [6.45, 7) is 7.36. The minimum absolute atomic E-state index is 0.00561. The molecule has 0 radical (unpaired) electrons. The van der Waals surface area contributed by atoms with Crippen molar-refractivity contribution < 1.29 is 14.8 Å². The van der Waals surface area contributed by atoms with Crippen LogP contribution in [0.15, 0.2) is 0 Å². The summed E-state index contributed by atoms with van der Waals surface area (Å²) in [5.74, 6) is -0.278. The molecule has 8 heteroatoms. The third-order valence-electron chi connectivity index (χ3n) is 4.32. The highest BCUT2D eigenvalue weighted by Crippen LogP contribution is 2.24. The van der Waals surface area contributed by atoms with Crippen molar-refractivity contribution in [3.05, 3.63) is 21.5 Å². The Morgan fingerprint density at radius 3 is 2.41 bits per heavy atom. The molecule has 0 atom stereocenters. The predicted molar refractivity (Wildman–Crippen MR) is 81.5 cm³/mol. The average molecular weight is 312 g/mol. The molecule has 0 aliphatic rings. The van der Waals surface area contributed by atoms with Crippen LogP contribution in [-0.2, 0) is 11.3 Å². The van der Waals surface area contributed by atoms with E-state index in [1.807, 2.05) is 13.8 Å². The van der Waals surface area contributed by atoms with Gasteiger partial charge in [-0.15, -0.1) is 0 Å². The van der Waals surface area contributed by atoms with Gasteiger partial charge in [-0.05, 0) is 26.7 Å². The van der Waals surface area contributed by atoms with E-state index in [-0.39, 0.29) is 30.2 Å². The first-order valence-corrected chi connectivity index (χ1v) is 7.36. The number of aliphatic hydroxyl groups is 1. The molecule has 1 rings (SSSR count). The van der Waals surface area contributed by atoms with Crippen molar-refractivity contribution in [3.8, 4) is 0 Å². The van der Waals surface area contributed by atoms with Gasteiger partial charge in [0, 0.05) is 12.0 Å². The second kappa shape index (κ2) is 7.35. The van der Waals surface area contributed by atoms with Gasteiger partial charge in [0.1, 0.15) is 17.9 Å². The van der Waals surface area contributed by atoms with E-state index >= 15 is 0 Å². The molecule has 0 unspecified atom stereocenters. The third-order valence-corrected chi connectivity index (χ3v) is 4.32. The Kier molecular flexibility index (Phi) is 6.04. The lowest BCUT2D eigenvalue weighted by Gasteiger charge is -2.29. The Bertz CT molecular complexity index is 541. The van der Waals surface area contributed by atoms with Gasteiger partial charge in [-0.1, -0.05) is 13.8 Å². The van der Waals surface area contributed by atoms with Gasteiger partial charge in [-0.3, -0.25) is 19.6 Å². The van der Waals surface area contributed by atoms with Crippen LogP contribution in [0.4, 0.5) is 5.69 Å². The van der Waals surface area contributed by atoms with Gasteiger partial charge in [0.25, 0.3) is 0 Å². The van der Waals surface area contributed by atoms with Crippen LogP contribution in [-0.4, -0.2) is 38.9 Å². The number of hydrogen-bond acceptors (Lipinski definition) is 5. The maximum absolute atomic E-state index is 12.0. The summed E-state index contributed by atoms with van der Waals surface area (Å²) >= 11 is 0. The van der Waals surface area contributed by atoms with Crippen molar-refractivity contribution in [1.29, 1.82) is 0 Å². The standard InChI is InChI=1S/C14H24N4O4/c1-5-14(6-2,9-19)8-15-12(20)7-17-11(4)13(18(21)22)10(3)16-17/h19H,5-9H2,1-4H3,(H,15,20). The van der Waals surface area contributed by atoms with Gasteiger partial charge in [0.05, 0.1) is 11.5 Å². The van der Waals surface area contributed by atoms with Gasteiger partial charge in [0.15, 0.2) is 0 Å². The second-order valence-corrected chi connectivity index (χ2v) is 5.58. The summed E-state index contributed by atoms with van der Waals surface area (Å²) in [6, 6.07) is 0. The van der Waals surface area contributed by atoms with Crippen LogP contribution in [0.5, 0.6) is 0 Å². The monoisotopic (exact) mass is 312 g/mol. The first-order valence-electron chi connectivity index (χ1n) is 7.36. The maximum Gasteiger partial charge on any atom is 0.312 e. The quantitative estimate of drug-likeness (QED) is 0.555. The number of aromatic nitrogens is 2. The van der Waals surface area contributed by atoms with Crippen LogP contribution < -0.4 is 5.32 Å². The van der Waals surface area contributed by atoms with Crippen molar-refractivity contribution in [2.24, 2.45) is 5.41 Å². The van der Waals surface area contributed by atoms with Crippen LogP contribution in [0.2, 0.25) is 0 Å². The summed E-state index contributed by atoms with van der Waals surface area (Å²) in [4.78, 5) is 22.5. The van der Waals surface area contributed by atoms with Crippen LogP contribution in [0.1, 0.15) is 38.1 Å². The fourth-order valence-corrected chi connectivity index (χ4v) is 2.36. The summed E-state index contributed by atoms with van der Waals surface area (Å²) in [7, 11) is 0. The molecule has 0 aromatic carbocycles. The minimum Gasteiger partial charge on any atom is -0.396 e. The SMILES string of the molecule is CCC(CC)(CO)CNC(=O)Cn1nc(C)c([N+](=O)[O-])c1C. The Hall–Kier alpha value is -1.96. The van der Waals surface area contributed by atoms with Gasteiger partial charge in [-0.25, -0.2) is 0 Å². The molecule has 124 valence electrons. The van der Waals surface area contributed by atoms with E-state index in [1.165, 1.54) is 4.68 Å². The van der Waals surface area contributed by atoms with Crippen molar-refractivity contribution >= 4 is 11.6 Å². The number of nitro groups is 1. The minimum atomic E-state index is -0.489. The summed E-state index contributed by atoms with van der Waals surface area (Å²) < 4.78 is 1.33. The first kappa shape index (κ1) is 18.1. The number of nitrogens with zero attached hydrogens (tertiary/aromatic N) is 3. The topological polar surface area (TPSA) is 110 Å². The molecule has 0 saturated carbocycles. The van der Waals surface area contributed by atoms with Crippen molar-refractivity contribution in [1.82, 2.24) is 15.1 Å². The molecule has 0 spiro atoms. The molecule has 1 amide bonds. The average Bonchev–Trinajstić information content (AvgIpc) is 2.75. The fraction of sp³-hybridized carbons (Fsp3) is 0.714. The molecule has 8 nitrogen and oxygen atoms in total. The zero-order valence-electron chi connectivity index (χ0n) is 13.5. The molecule has 1 aromatic rings. The highest BCUT2D eigenvalue weighted by atomic mass is 16.6. The van der Waals surface area contributed by atoms with Gasteiger partial charge in [0.2, 0.25) is 5.91 Å². The van der Waals surface area contributed by atoms with Crippen LogP contribution in [0.3, 0.4) is 0 Å². The highest BCUT2D eigenvalue weighted by Gasteiger charge is 2.27. The Labute approximate surface area is 129 Å². The van der Waals surface area contributed by atoms with E-state index in [0.29, 0.717) is 17.9 Å². The molecule has 0 fully saturated rings. The van der Waals surface area contributed by atoms with E-state index in [9.17, 15) is 20.0 Å². The summed E-state index contributed by atoms with van der Waals surface area (Å²) in [6.07, 6.45) is 1.51. The van der Waals surface area contributed by atoms with E-state index in [0.717, 1.165) is 12.8 Å². The number of carbonyl (C=O) groups is 1. The zero-order chi connectivity index (χ0) is 16.9. The number of aryl methyl sites for hydroxylation is 1. The number of aliphatic hydroxyl groups excluding tert-OH is 1. The third kappa shape index (κ3) is 3.82. The number of hydrogen-bond donors (Lipinski definition) is 2. The predicted octanol–water partition coefficient (Wildman–Crippen LogP) is 1.32. The van der Waals surface area contributed by atoms with Crippen LogP contribution in [0.25, 0.3) is 0 Å². The van der Waals surface area contributed by atoms with Crippen molar-refractivity contribution in [2.45, 2.75) is 47.1 Å². The molecular weight excluding hydrogens is 288 g/mol. The van der Waals surface area contributed by atoms with E-state index in [2.05, 4.69) is 10.4 Å². The molecule has 1 heterocycles. The number of amides is 1. The molecule has 22 heavy (non-hydrogen) atoms. The highest BCUT2D eigenvalue weighted by molar-refractivity contribution is 5.75. The molecule has 2 N–H and O–H groups in total. The molecule has 1 aromatic heterocycles. The normalized spacial score (nSPS) is 11.5.